The molecule has 114 valence electrons. The number of carboxylic acid groups (broad SMARTS) is 1. The second-order valence-electron chi connectivity index (χ2n) is 4.52. The molecule has 0 bridgehead atoms. The molecule has 0 aromatic heterocycles. The summed E-state index contributed by atoms with van der Waals surface area (Å²) in [6.07, 6.45) is -1.97. The van der Waals surface area contributed by atoms with Gasteiger partial charge in [-0.2, -0.15) is 0 Å². The lowest BCUT2D eigenvalue weighted by Gasteiger charge is -2.37. The highest BCUT2D eigenvalue weighted by Crippen LogP contribution is 2.18. The number of rotatable bonds is 5. The van der Waals surface area contributed by atoms with Crippen molar-refractivity contribution in [2.45, 2.75) is 25.7 Å². The van der Waals surface area contributed by atoms with Crippen LogP contribution in [0.4, 0.5) is 4.79 Å². The van der Waals surface area contributed by atoms with E-state index in [1.165, 1.54) is 0 Å². The molecule has 1 aliphatic heterocycles. The molecule has 0 saturated carbocycles. The predicted molar refractivity (Wildman–Crippen MR) is 73.9 cm³/mol. The fraction of sp³-hybridized carbons (Fsp3) is 0.385. The second-order valence-corrected chi connectivity index (χ2v) is 4.95. The van der Waals surface area contributed by atoms with Crippen LogP contribution < -0.4 is 10.2 Å². The van der Waals surface area contributed by atoms with Gasteiger partial charge in [0.1, 0.15) is 5.75 Å². The normalized spacial score (nSPS) is 18.6. The Morgan fingerprint density at radius 1 is 1.43 bits per heavy atom. The van der Waals surface area contributed by atoms with Gasteiger partial charge < -0.3 is 9.84 Å². The molecule has 1 aromatic rings. The number of nitrogens with one attached hydrogen (secondary N) is 1. The molecule has 2 rings (SSSR count). The summed E-state index contributed by atoms with van der Waals surface area (Å²) >= 11 is 5.75. The number of carbonyl (C=O) groups excluding carboxylic acids is 1. The molecule has 1 fully saturated rings. The first-order valence-corrected chi connectivity index (χ1v) is 6.72. The summed E-state index contributed by atoms with van der Waals surface area (Å²) in [5.74, 6) is 0.0000421. The van der Waals surface area contributed by atoms with Crippen LogP contribution in [0.15, 0.2) is 24.3 Å². The molecule has 0 radical (unpaired) electrons. The fourth-order valence-corrected chi connectivity index (χ4v) is 1.81. The van der Waals surface area contributed by atoms with E-state index in [1.807, 2.05) is 0 Å². The van der Waals surface area contributed by atoms with Crippen molar-refractivity contribution in [3.8, 4) is 5.75 Å². The fourth-order valence-electron chi connectivity index (χ4n) is 1.68. The van der Waals surface area contributed by atoms with Gasteiger partial charge in [-0.1, -0.05) is 11.6 Å². The molecule has 1 aromatic carbocycles. The molecule has 2 amide bonds. The van der Waals surface area contributed by atoms with E-state index in [0.29, 0.717) is 23.7 Å². The minimum atomic E-state index is -1.08. The smallest absolute Gasteiger partial charge is 0.409 e. The van der Waals surface area contributed by atoms with Gasteiger partial charge in [0, 0.05) is 18.0 Å². The number of carbonyl (C=O) groups is 2. The Morgan fingerprint density at radius 2 is 2.10 bits per heavy atom. The van der Waals surface area contributed by atoms with E-state index in [-0.39, 0.29) is 0 Å². The highest BCUT2D eigenvalue weighted by atomic mass is 35.5. The lowest BCUT2D eigenvalue weighted by molar-refractivity contribution is -0.171. The van der Waals surface area contributed by atoms with E-state index in [2.05, 4.69) is 5.48 Å². The Labute approximate surface area is 126 Å². The SMILES string of the molecule is C[C@H](Oc1ccc(Cl)cc1)C(=O)NOC1CCN1C(=O)O. The summed E-state index contributed by atoms with van der Waals surface area (Å²) in [5.41, 5.74) is 2.21. The summed E-state index contributed by atoms with van der Waals surface area (Å²) in [6.45, 7) is 1.95. The maximum Gasteiger partial charge on any atom is 0.409 e. The third-order valence-corrected chi connectivity index (χ3v) is 3.25. The summed E-state index contributed by atoms with van der Waals surface area (Å²) in [5, 5.41) is 9.36. The predicted octanol–water partition coefficient (Wildman–Crippen LogP) is 1.86. The molecule has 0 aliphatic carbocycles. The number of likely N-dealkylation sites (tertiary alicyclic amines) is 1. The number of benzene rings is 1. The van der Waals surface area contributed by atoms with Crippen molar-refractivity contribution in [3.05, 3.63) is 29.3 Å². The van der Waals surface area contributed by atoms with Gasteiger partial charge in [0.2, 0.25) is 0 Å². The van der Waals surface area contributed by atoms with Crippen molar-refractivity contribution >= 4 is 23.6 Å². The summed E-state index contributed by atoms with van der Waals surface area (Å²) < 4.78 is 5.41. The molecule has 1 unspecified atom stereocenters. The van der Waals surface area contributed by atoms with E-state index >= 15 is 0 Å². The average Bonchev–Trinajstić information content (AvgIpc) is 2.39. The monoisotopic (exact) mass is 314 g/mol. The summed E-state index contributed by atoms with van der Waals surface area (Å²) in [4.78, 5) is 28.6. The van der Waals surface area contributed by atoms with Crippen molar-refractivity contribution in [2.75, 3.05) is 6.54 Å². The molecular weight excluding hydrogens is 300 g/mol. The number of amides is 2. The molecule has 1 heterocycles. The Kier molecular flexibility index (Phi) is 4.87. The van der Waals surface area contributed by atoms with E-state index < -0.39 is 24.3 Å². The van der Waals surface area contributed by atoms with Crippen LogP contribution in [0.3, 0.4) is 0 Å². The zero-order valence-corrected chi connectivity index (χ0v) is 12.0. The van der Waals surface area contributed by atoms with Crippen molar-refractivity contribution in [2.24, 2.45) is 0 Å². The molecule has 2 N–H and O–H groups in total. The first-order chi connectivity index (χ1) is 9.97. The Hall–Kier alpha value is -1.99. The molecular formula is C13H15ClN2O5. The third-order valence-electron chi connectivity index (χ3n) is 3.00. The zero-order chi connectivity index (χ0) is 15.4. The van der Waals surface area contributed by atoms with Crippen LogP contribution in [0.25, 0.3) is 0 Å². The quantitative estimate of drug-likeness (QED) is 0.810. The molecule has 1 aliphatic rings. The number of hydrogen-bond acceptors (Lipinski definition) is 4. The number of nitrogens with zero attached hydrogens (tertiary/aromatic N) is 1. The van der Waals surface area contributed by atoms with Gasteiger partial charge in [0.25, 0.3) is 5.91 Å². The lowest BCUT2D eigenvalue weighted by Crippen LogP contribution is -2.55. The number of halogens is 1. The van der Waals surface area contributed by atoms with Gasteiger partial charge in [-0.3, -0.25) is 9.69 Å². The Balaban J connectivity index is 1.77. The first-order valence-electron chi connectivity index (χ1n) is 6.34. The van der Waals surface area contributed by atoms with Crippen LogP contribution in [0, 0.1) is 0 Å². The van der Waals surface area contributed by atoms with Crippen molar-refractivity contribution in [3.63, 3.8) is 0 Å². The van der Waals surface area contributed by atoms with Crippen LogP contribution in [0.2, 0.25) is 5.02 Å². The van der Waals surface area contributed by atoms with Gasteiger partial charge in [-0.25, -0.2) is 15.1 Å². The average molecular weight is 315 g/mol. The van der Waals surface area contributed by atoms with Crippen molar-refractivity contribution in [1.29, 1.82) is 0 Å². The third kappa shape index (κ3) is 3.99. The highest BCUT2D eigenvalue weighted by molar-refractivity contribution is 6.30. The van der Waals surface area contributed by atoms with E-state index in [9.17, 15) is 9.59 Å². The van der Waals surface area contributed by atoms with Gasteiger partial charge in [-0.05, 0) is 31.2 Å². The minimum absolute atomic E-state index is 0.396. The number of hydrogen-bond donors (Lipinski definition) is 2. The van der Waals surface area contributed by atoms with E-state index in [0.717, 1.165) is 4.90 Å². The van der Waals surface area contributed by atoms with Crippen LogP contribution in [-0.2, 0) is 9.63 Å². The molecule has 2 atom stereocenters. The van der Waals surface area contributed by atoms with Crippen molar-refractivity contribution in [1.82, 2.24) is 10.4 Å². The highest BCUT2D eigenvalue weighted by Gasteiger charge is 2.34. The largest absolute Gasteiger partial charge is 0.481 e. The topological polar surface area (TPSA) is 88.1 Å². The van der Waals surface area contributed by atoms with Gasteiger partial charge in [0.05, 0.1) is 0 Å². The van der Waals surface area contributed by atoms with E-state index in [4.69, 9.17) is 26.3 Å². The molecule has 7 nitrogen and oxygen atoms in total. The lowest BCUT2D eigenvalue weighted by atomic mass is 10.2. The maximum absolute atomic E-state index is 11.8. The summed E-state index contributed by atoms with van der Waals surface area (Å²) in [7, 11) is 0. The van der Waals surface area contributed by atoms with Gasteiger partial charge in [0.15, 0.2) is 12.3 Å². The van der Waals surface area contributed by atoms with Crippen LogP contribution in [0.1, 0.15) is 13.3 Å². The number of hydroxylamine groups is 1. The second kappa shape index (κ2) is 6.64. The van der Waals surface area contributed by atoms with Crippen LogP contribution in [-0.4, -0.2) is 40.9 Å². The maximum atomic E-state index is 11.8. The first kappa shape index (κ1) is 15.4. The molecule has 8 heteroatoms. The van der Waals surface area contributed by atoms with E-state index in [1.54, 1.807) is 31.2 Å². The molecule has 1 saturated heterocycles. The number of ether oxygens (including phenoxy) is 1. The van der Waals surface area contributed by atoms with Crippen molar-refractivity contribution < 1.29 is 24.3 Å². The van der Waals surface area contributed by atoms with Crippen LogP contribution >= 0.6 is 11.6 Å². The molecule has 0 spiro atoms. The molecule has 21 heavy (non-hydrogen) atoms. The standard InChI is InChI=1S/C13H15ClN2O5/c1-8(20-10-4-2-9(14)3-5-10)12(17)15-21-11-6-7-16(11)13(18)19/h2-5,8,11H,6-7H2,1H3,(H,15,17)(H,18,19)/t8-,11?/m0/s1. The van der Waals surface area contributed by atoms with Crippen LogP contribution in [0.5, 0.6) is 5.75 Å². The minimum Gasteiger partial charge on any atom is -0.481 e. The van der Waals surface area contributed by atoms with Gasteiger partial charge in [-0.15, -0.1) is 0 Å². The Bertz CT molecular complexity index is 522. The van der Waals surface area contributed by atoms with Gasteiger partial charge >= 0.3 is 6.09 Å². The Morgan fingerprint density at radius 3 is 2.62 bits per heavy atom. The zero-order valence-electron chi connectivity index (χ0n) is 11.3. The summed E-state index contributed by atoms with van der Waals surface area (Å²) in [6, 6.07) is 6.59.